The number of aliphatic carboxylic acids is 1. The number of carboxylic acids is 1. The molecule has 0 aliphatic rings. The Morgan fingerprint density at radius 2 is 1.69 bits per heavy atom. The molecule has 0 rings (SSSR count). The molecule has 0 saturated heterocycles. The van der Waals surface area contributed by atoms with Crippen molar-refractivity contribution in [3.05, 3.63) is 0 Å². The van der Waals surface area contributed by atoms with Gasteiger partial charge in [0.1, 0.15) is 12.1 Å². The first kappa shape index (κ1) is 32.6. The highest BCUT2D eigenvalue weighted by Crippen LogP contribution is 2.08. The van der Waals surface area contributed by atoms with Gasteiger partial charge in [-0.2, -0.15) is 0 Å². The van der Waals surface area contributed by atoms with Crippen molar-refractivity contribution in [2.75, 3.05) is 40.0 Å². The highest BCUT2D eigenvalue weighted by molar-refractivity contribution is 7.79. The SMILES string of the molecule is CC(=O)COCCOCCNC(=O)C(C)(C)NC(=O)CCC(NC=[N+](C)C(C)(C)C(=O)O)S(=O)O. The summed E-state index contributed by atoms with van der Waals surface area (Å²) in [5, 5.41) is 16.1. The normalized spacial score (nSPS) is 14.1. The minimum absolute atomic E-state index is 0.0250. The fraction of sp³-hybridized carbons (Fsp3) is 0.762. The molecule has 0 aromatic carbocycles. The van der Waals surface area contributed by atoms with Crippen LogP contribution in [0.4, 0.5) is 0 Å². The lowest BCUT2D eigenvalue weighted by Gasteiger charge is -2.25. The zero-order chi connectivity index (χ0) is 27.2. The van der Waals surface area contributed by atoms with Gasteiger partial charge >= 0.3 is 5.97 Å². The Hall–Kier alpha value is -2.42. The number of rotatable bonds is 18. The summed E-state index contributed by atoms with van der Waals surface area (Å²) >= 11 is -2.33. The summed E-state index contributed by atoms with van der Waals surface area (Å²) in [5.41, 5.74) is -2.49. The maximum Gasteiger partial charge on any atom is 0.351 e. The van der Waals surface area contributed by atoms with Gasteiger partial charge in [-0.1, -0.05) is 0 Å². The minimum atomic E-state index is -2.33. The van der Waals surface area contributed by atoms with E-state index in [-0.39, 0.29) is 51.6 Å². The fourth-order valence-electron chi connectivity index (χ4n) is 2.37. The van der Waals surface area contributed by atoms with Gasteiger partial charge in [0.2, 0.25) is 18.2 Å². The Labute approximate surface area is 208 Å². The maximum absolute atomic E-state index is 12.4. The Kier molecular flexibility index (Phi) is 14.5. The number of nitrogens with zero attached hydrogens (tertiary/aromatic N) is 1. The van der Waals surface area contributed by atoms with Crippen molar-refractivity contribution in [1.82, 2.24) is 16.0 Å². The molecule has 0 aliphatic heterocycles. The second kappa shape index (κ2) is 15.5. The molecule has 0 spiro atoms. The third-order valence-corrected chi connectivity index (χ3v) is 5.82. The number of carboxylic acid groups (broad SMARTS) is 1. The molecule has 14 heteroatoms. The van der Waals surface area contributed by atoms with Gasteiger partial charge in [0.15, 0.2) is 27.8 Å². The molecule has 2 atom stereocenters. The zero-order valence-corrected chi connectivity index (χ0v) is 22.0. The van der Waals surface area contributed by atoms with Crippen molar-refractivity contribution >= 4 is 41.0 Å². The number of carbonyl (C=O) groups excluding carboxylic acids is 3. The van der Waals surface area contributed by atoms with Gasteiger partial charge < -0.3 is 29.8 Å². The highest BCUT2D eigenvalue weighted by atomic mass is 32.2. The summed E-state index contributed by atoms with van der Waals surface area (Å²) in [4.78, 5) is 46.8. The molecule has 0 radical (unpaired) electrons. The summed E-state index contributed by atoms with van der Waals surface area (Å²) in [7, 11) is 1.50. The molecule has 202 valence electrons. The van der Waals surface area contributed by atoms with E-state index in [1.165, 1.54) is 52.6 Å². The first-order valence-electron chi connectivity index (χ1n) is 11.0. The third-order valence-electron chi connectivity index (χ3n) is 4.97. The van der Waals surface area contributed by atoms with E-state index in [0.717, 1.165) is 0 Å². The summed E-state index contributed by atoms with van der Waals surface area (Å²) in [6, 6.07) is 0. The lowest BCUT2D eigenvalue weighted by molar-refractivity contribution is -0.558. The average Bonchev–Trinajstić information content (AvgIpc) is 2.73. The van der Waals surface area contributed by atoms with E-state index in [2.05, 4.69) is 16.0 Å². The van der Waals surface area contributed by atoms with Crippen molar-refractivity contribution in [1.29, 1.82) is 0 Å². The Morgan fingerprint density at radius 1 is 1.09 bits per heavy atom. The number of hydrogen-bond acceptors (Lipinski definition) is 7. The van der Waals surface area contributed by atoms with Crippen LogP contribution in [0.3, 0.4) is 0 Å². The predicted octanol–water partition coefficient (Wildman–Crippen LogP) is -0.929. The monoisotopic (exact) mass is 523 g/mol. The molecule has 0 aromatic rings. The van der Waals surface area contributed by atoms with Crippen LogP contribution < -0.4 is 16.0 Å². The molecular weight excluding hydrogens is 484 g/mol. The smallest absolute Gasteiger partial charge is 0.351 e. The van der Waals surface area contributed by atoms with Crippen LogP contribution in [0.25, 0.3) is 0 Å². The number of nitrogens with one attached hydrogen (secondary N) is 3. The van der Waals surface area contributed by atoms with E-state index >= 15 is 0 Å². The molecule has 0 bridgehead atoms. The lowest BCUT2D eigenvalue weighted by atomic mass is 10.0. The van der Waals surface area contributed by atoms with E-state index < -0.39 is 45.3 Å². The predicted molar refractivity (Wildman–Crippen MR) is 128 cm³/mol. The van der Waals surface area contributed by atoms with Gasteiger partial charge in [0, 0.05) is 19.4 Å². The third kappa shape index (κ3) is 13.3. The van der Waals surface area contributed by atoms with Gasteiger partial charge in [0.25, 0.3) is 0 Å². The Morgan fingerprint density at radius 3 is 2.23 bits per heavy atom. The molecule has 0 heterocycles. The van der Waals surface area contributed by atoms with E-state index in [1.807, 2.05) is 0 Å². The number of carbonyl (C=O) groups is 4. The second-order valence-electron chi connectivity index (χ2n) is 8.87. The Bertz CT molecular complexity index is 800. The second-order valence-corrected chi connectivity index (χ2v) is 9.99. The number of hydrogen-bond donors (Lipinski definition) is 5. The molecule has 0 saturated carbocycles. The van der Waals surface area contributed by atoms with Crippen LogP contribution in [-0.2, 0) is 39.7 Å². The Balaban J connectivity index is 4.53. The summed E-state index contributed by atoms with van der Waals surface area (Å²) < 4.78 is 32.8. The molecule has 13 nitrogen and oxygen atoms in total. The highest BCUT2D eigenvalue weighted by Gasteiger charge is 2.34. The summed E-state index contributed by atoms with van der Waals surface area (Å²) in [6.07, 6.45) is 1.09. The molecule has 5 N–H and O–H groups in total. The quantitative estimate of drug-likeness (QED) is 0.0494. The van der Waals surface area contributed by atoms with Crippen LogP contribution in [0.1, 0.15) is 47.5 Å². The van der Waals surface area contributed by atoms with E-state index in [4.69, 9.17) is 9.47 Å². The fourth-order valence-corrected chi connectivity index (χ4v) is 2.87. The largest absolute Gasteiger partial charge is 0.478 e. The molecule has 35 heavy (non-hydrogen) atoms. The van der Waals surface area contributed by atoms with Gasteiger partial charge in [0.05, 0.1) is 26.9 Å². The molecule has 0 aromatic heterocycles. The van der Waals surface area contributed by atoms with Crippen molar-refractivity contribution < 1.29 is 47.1 Å². The van der Waals surface area contributed by atoms with E-state index in [1.54, 1.807) is 0 Å². The van der Waals surface area contributed by atoms with Crippen LogP contribution in [0.2, 0.25) is 0 Å². The number of Topliss-reactive ketones (excluding diaryl/α,β-unsaturated/α-hetero) is 1. The first-order valence-corrected chi connectivity index (χ1v) is 12.2. The van der Waals surface area contributed by atoms with Gasteiger partial charge in [-0.05, 0) is 34.6 Å². The lowest BCUT2D eigenvalue weighted by Crippen LogP contribution is -2.55. The zero-order valence-electron chi connectivity index (χ0n) is 21.2. The minimum Gasteiger partial charge on any atom is -0.478 e. The number of ether oxygens (including phenoxy) is 2. The standard InChI is InChI=1S/C21H38N4O9S/c1-15(26)13-34-12-11-33-10-9-22-18(28)20(2,3)24-16(27)7-8-17(35(31)32)23-14-25(6)21(4,5)19(29)30/h14,17H,7-13H2,1-6H3,(H4,22,24,27,28,29,30,31,32)/p+1. The van der Waals surface area contributed by atoms with Crippen molar-refractivity contribution in [2.24, 2.45) is 0 Å². The number of ketones is 1. The van der Waals surface area contributed by atoms with Gasteiger partial charge in [-0.3, -0.25) is 24.3 Å². The maximum atomic E-state index is 12.4. The van der Waals surface area contributed by atoms with Gasteiger partial charge in [-0.25, -0.2) is 9.00 Å². The molecule has 2 unspecified atom stereocenters. The molecule has 2 amide bonds. The topological polar surface area (TPSA) is 183 Å². The van der Waals surface area contributed by atoms with Crippen LogP contribution in [0, 0.1) is 0 Å². The molecular formula is C21H39N4O9S+. The number of amides is 2. The van der Waals surface area contributed by atoms with E-state index in [9.17, 15) is 33.0 Å². The summed E-state index contributed by atoms with van der Waals surface area (Å²) in [5.74, 6) is -2.09. The van der Waals surface area contributed by atoms with Crippen molar-refractivity contribution in [2.45, 2.75) is 63.9 Å². The van der Waals surface area contributed by atoms with E-state index in [0.29, 0.717) is 0 Å². The van der Waals surface area contributed by atoms with Crippen molar-refractivity contribution in [3.63, 3.8) is 0 Å². The first-order chi connectivity index (χ1) is 16.1. The average molecular weight is 524 g/mol. The van der Waals surface area contributed by atoms with Gasteiger partial charge in [-0.15, -0.1) is 0 Å². The van der Waals surface area contributed by atoms with Crippen LogP contribution in [0.5, 0.6) is 0 Å². The molecule has 0 fully saturated rings. The number of likely N-dealkylation sites (N-methyl/N-ethyl adjacent to an activating group) is 1. The van der Waals surface area contributed by atoms with Crippen LogP contribution in [0.15, 0.2) is 0 Å². The van der Waals surface area contributed by atoms with Crippen LogP contribution in [-0.4, -0.2) is 105 Å². The molecule has 0 aliphatic carbocycles. The summed E-state index contributed by atoms with van der Waals surface area (Å²) in [6.45, 7) is 8.38. The van der Waals surface area contributed by atoms with Crippen LogP contribution >= 0.6 is 0 Å². The van der Waals surface area contributed by atoms with Crippen molar-refractivity contribution in [3.8, 4) is 0 Å².